The van der Waals surface area contributed by atoms with E-state index in [2.05, 4.69) is 15.0 Å². The number of piperazine rings is 1. The highest BCUT2D eigenvalue weighted by atomic mass is 16.5. The van der Waals surface area contributed by atoms with Crippen molar-refractivity contribution in [3.8, 4) is 5.75 Å². The fourth-order valence-corrected chi connectivity index (χ4v) is 2.80. The Morgan fingerprint density at radius 3 is 2.62 bits per heavy atom. The number of hydrogen-bond donors (Lipinski definition) is 0. The number of amides is 1. The van der Waals surface area contributed by atoms with Crippen LogP contribution in [-0.2, 0) is 4.79 Å². The molecule has 0 radical (unpaired) electrons. The summed E-state index contributed by atoms with van der Waals surface area (Å²) in [5.74, 6) is 0.994. The minimum absolute atomic E-state index is 0.0979. The van der Waals surface area contributed by atoms with Gasteiger partial charge in [-0.2, -0.15) is 5.10 Å². The summed E-state index contributed by atoms with van der Waals surface area (Å²) in [5.41, 5.74) is 0. The van der Waals surface area contributed by atoms with Crippen LogP contribution in [-0.4, -0.2) is 69.8 Å². The molecule has 1 aromatic carbocycles. The van der Waals surface area contributed by atoms with Crippen molar-refractivity contribution < 1.29 is 9.53 Å². The normalized spacial score (nSPS) is 16.8. The molecular formula is C17H23N5O2. The molecule has 1 atom stereocenters. The molecule has 1 aromatic heterocycles. The number of para-hydroxylation sites is 1. The minimum atomic E-state index is -0.305. The van der Waals surface area contributed by atoms with Crippen LogP contribution in [0.15, 0.2) is 43.0 Å². The molecule has 2 heterocycles. The van der Waals surface area contributed by atoms with Gasteiger partial charge in [-0.25, -0.2) is 9.67 Å². The number of benzene rings is 1. The number of rotatable bonds is 6. The molecule has 0 spiro atoms. The average Bonchev–Trinajstić information content (AvgIpc) is 3.17. The highest BCUT2D eigenvalue weighted by Gasteiger charge is 2.26. The maximum absolute atomic E-state index is 12.5. The Hall–Kier alpha value is -2.41. The third kappa shape index (κ3) is 4.11. The molecule has 7 heteroatoms. The predicted octanol–water partition coefficient (Wildman–Crippen LogP) is 1.06. The van der Waals surface area contributed by atoms with Gasteiger partial charge in [0.15, 0.2) is 0 Å². The predicted molar refractivity (Wildman–Crippen MR) is 89.7 cm³/mol. The molecule has 1 aliphatic heterocycles. The van der Waals surface area contributed by atoms with Gasteiger partial charge in [0.05, 0.1) is 0 Å². The lowest BCUT2D eigenvalue weighted by Crippen LogP contribution is -2.51. The first-order chi connectivity index (χ1) is 11.7. The number of aromatic nitrogens is 3. The van der Waals surface area contributed by atoms with Gasteiger partial charge in [0.1, 0.15) is 31.1 Å². The molecule has 0 N–H and O–H groups in total. The molecule has 1 amide bonds. The van der Waals surface area contributed by atoms with E-state index in [-0.39, 0.29) is 11.9 Å². The standard InChI is InChI=1S/C17H23N5O2/c1-15(22-14-18-13-19-22)17(23)21-9-7-20(8-10-21)11-12-24-16-5-3-2-4-6-16/h2-6,13-15H,7-12H2,1H3/t15-/m0/s1. The zero-order valence-electron chi connectivity index (χ0n) is 13.9. The van der Waals surface area contributed by atoms with Crippen molar-refractivity contribution in [1.82, 2.24) is 24.6 Å². The van der Waals surface area contributed by atoms with Crippen molar-refractivity contribution in [2.24, 2.45) is 0 Å². The molecule has 1 aliphatic rings. The minimum Gasteiger partial charge on any atom is -0.492 e. The third-order valence-electron chi connectivity index (χ3n) is 4.29. The molecule has 24 heavy (non-hydrogen) atoms. The van der Waals surface area contributed by atoms with Crippen LogP contribution >= 0.6 is 0 Å². The molecule has 3 rings (SSSR count). The average molecular weight is 329 g/mol. The van der Waals surface area contributed by atoms with Crippen LogP contribution in [0, 0.1) is 0 Å². The second kappa shape index (κ2) is 7.92. The number of hydrogen-bond acceptors (Lipinski definition) is 5. The maximum Gasteiger partial charge on any atom is 0.247 e. The van der Waals surface area contributed by atoms with E-state index >= 15 is 0 Å². The summed E-state index contributed by atoms with van der Waals surface area (Å²) in [4.78, 5) is 20.6. The van der Waals surface area contributed by atoms with Gasteiger partial charge in [0, 0.05) is 32.7 Å². The zero-order valence-corrected chi connectivity index (χ0v) is 13.9. The summed E-state index contributed by atoms with van der Waals surface area (Å²) in [5, 5.41) is 4.05. The Balaban J connectivity index is 1.40. The Labute approximate surface area is 141 Å². The molecule has 1 fully saturated rings. The Bertz CT molecular complexity index is 624. The van der Waals surface area contributed by atoms with Crippen molar-refractivity contribution in [2.75, 3.05) is 39.3 Å². The lowest BCUT2D eigenvalue weighted by atomic mass is 10.2. The first kappa shape index (κ1) is 16.4. The van der Waals surface area contributed by atoms with Crippen LogP contribution in [0.25, 0.3) is 0 Å². The van der Waals surface area contributed by atoms with Crippen molar-refractivity contribution in [2.45, 2.75) is 13.0 Å². The number of nitrogens with zero attached hydrogens (tertiary/aromatic N) is 5. The Kier molecular flexibility index (Phi) is 5.43. The van der Waals surface area contributed by atoms with E-state index in [1.807, 2.05) is 42.2 Å². The fraction of sp³-hybridized carbons (Fsp3) is 0.471. The summed E-state index contributed by atoms with van der Waals surface area (Å²) >= 11 is 0. The molecular weight excluding hydrogens is 306 g/mol. The first-order valence-corrected chi connectivity index (χ1v) is 8.27. The van der Waals surface area contributed by atoms with E-state index < -0.39 is 0 Å². The van der Waals surface area contributed by atoms with E-state index in [4.69, 9.17) is 4.74 Å². The summed E-state index contributed by atoms with van der Waals surface area (Å²) < 4.78 is 7.33. The van der Waals surface area contributed by atoms with Crippen LogP contribution < -0.4 is 4.74 Å². The van der Waals surface area contributed by atoms with E-state index in [1.54, 1.807) is 11.0 Å². The molecule has 0 bridgehead atoms. The second-order valence-corrected chi connectivity index (χ2v) is 5.88. The van der Waals surface area contributed by atoms with Gasteiger partial charge in [-0.05, 0) is 19.1 Å². The van der Waals surface area contributed by atoms with E-state index in [0.717, 1.165) is 38.5 Å². The van der Waals surface area contributed by atoms with Crippen LogP contribution in [0.2, 0.25) is 0 Å². The highest BCUT2D eigenvalue weighted by molar-refractivity contribution is 5.80. The summed E-state index contributed by atoms with van der Waals surface area (Å²) in [6.45, 7) is 6.61. The van der Waals surface area contributed by atoms with Crippen LogP contribution in [0.1, 0.15) is 13.0 Å². The van der Waals surface area contributed by atoms with E-state index in [9.17, 15) is 4.79 Å². The first-order valence-electron chi connectivity index (χ1n) is 8.27. The Morgan fingerprint density at radius 1 is 1.21 bits per heavy atom. The van der Waals surface area contributed by atoms with Crippen molar-refractivity contribution in [3.63, 3.8) is 0 Å². The molecule has 1 saturated heterocycles. The molecule has 0 aliphatic carbocycles. The van der Waals surface area contributed by atoms with Crippen molar-refractivity contribution in [1.29, 1.82) is 0 Å². The van der Waals surface area contributed by atoms with Crippen LogP contribution in [0.5, 0.6) is 5.75 Å². The zero-order chi connectivity index (χ0) is 16.8. The monoisotopic (exact) mass is 329 g/mol. The smallest absolute Gasteiger partial charge is 0.247 e. The van der Waals surface area contributed by atoms with Gasteiger partial charge in [0.25, 0.3) is 0 Å². The molecule has 2 aromatic rings. The summed E-state index contributed by atoms with van der Waals surface area (Å²) in [6, 6.07) is 9.53. The molecule has 128 valence electrons. The fourth-order valence-electron chi connectivity index (χ4n) is 2.80. The van der Waals surface area contributed by atoms with Gasteiger partial charge >= 0.3 is 0 Å². The lowest BCUT2D eigenvalue weighted by molar-refractivity contribution is -0.136. The van der Waals surface area contributed by atoms with Gasteiger partial charge in [-0.15, -0.1) is 0 Å². The maximum atomic E-state index is 12.5. The molecule has 0 saturated carbocycles. The number of carbonyl (C=O) groups excluding carboxylic acids is 1. The second-order valence-electron chi connectivity index (χ2n) is 5.88. The number of carbonyl (C=O) groups is 1. The topological polar surface area (TPSA) is 63.5 Å². The van der Waals surface area contributed by atoms with Crippen LogP contribution in [0.3, 0.4) is 0 Å². The van der Waals surface area contributed by atoms with Crippen molar-refractivity contribution in [3.05, 3.63) is 43.0 Å². The van der Waals surface area contributed by atoms with E-state index in [0.29, 0.717) is 6.61 Å². The SMILES string of the molecule is C[C@@H](C(=O)N1CCN(CCOc2ccccc2)CC1)n1cncn1. The van der Waals surface area contributed by atoms with Gasteiger partial charge in [-0.1, -0.05) is 18.2 Å². The van der Waals surface area contributed by atoms with Gasteiger partial charge < -0.3 is 9.64 Å². The number of ether oxygens (including phenoxy) is 1. The highest BCUT2D eigenvalue weighted by Crippen LogP contribution is 2.12. The molecule has 0 unspecified atom stereocenters. The van der Waals surface area contributed by atoms with E-state index in [1.165, 1.54) is 6.33 Å². The lowest BCUT2D eigenvalue weighted by Gasteiger charge is -2.35. The van der Waals surface area contributed by atoms with Gasteiger partial charge in [0.2, 0.25) is 5.91 Å². The Morgan fingerprint density at radius 2 is 1.96 bits per heavy atom. The van der Waals surface area contributed by atoms with Gasteiger partial charge in [-0.3, -0.25) is 9.69 Å². The quantitative estimate of drug-likeness (QED) is 0.793. The van der Waals surface area contributed by atoms with Crippen molar-refractivity contribution >= 4 is 5.91 Å². The molecule has 7 nitrogen and oxygen atoms in total. The van der Waals surface area contributed by atoms with Crippen LogP contribution in [0.4, 0.5) is 0 Å². The summed E-state index contributed by atoms with van der Waals surface area (Å²) in [7, 11) is 0. The summed E-state index contributed by atoms with van der Waals surface area (Å²) in [6.07, 6.45) is 3.04. The third-order valence-corrected chi connectivity index (χ3v) is 4.29. The largest absolute Gasteiger partial charge is 0.492 e.